The Morgan fingerprint density at radius 1 is 1.20 bits per heavy atom. The van der Waals surface area contributed by atoms with Crippen molar-refractivity contribution in [3.05, 3.63) is 0 Å². The molecule has 8 heteroatoms. The SMILES string of the molecule is CSCCCCCCNC(=O)N[C@@H](CC(N)=O)C(=O)O. The van der Waals surface area contributed by atoms with Crippen molar-refractivity contribution < 1.29 is 19.5 Å². The van der Waals surface area contributed by atoms with E-state index in [1.165, 1.54) is 0 Å². The van der Waals surface area contributed by atoms with Crippen LogP contribution >= 0.6 is 11.8 Å². The van der Waals surface area contributed by atoms with E-state index in [9.17, 15) is 14.4 Å². The number of carbonyl (C=O) groups excluding carboxylic acids is 2. The summed E-state index contributed by atoms with van der Waals surface area (Å²) in [6.45, 7) is 0.480. The first kappa shape index (κ1) is 18.6. The molecule has 0 aliphatic rings. The van der Waals surface area contributed by atoms with Gasteiger partial charge in [0.05, 0.1) is 6.42 Å². The zero-order chi connectivity index (χ0) is 15.4. The molecule has 7 nitrogen and oxygen atoms in total. The van der Waals surface area contributed by atoms with Gasteiger partial charge in [0, 0.05) is 6.54 Å². The van der Waals surface area contributed by atoms with Crippen molar-refractivity contribution in [3.63, 3.8) is 0 Å². The number of rotatable bonds is 11. The Bertz CT molecular complexity index is 326. The highest BCUT2D eigenvalue weighted by molar-refractivity contribution is 7.98. The Morgan fingerprint density at radius 3 is 2.40 bits per heavy atom. The largest absolute Gasteiger partial charge is 0.480 e. The maximum absolute atomic E-state index is 11.4. The number of carboxylic acid groups (broad SMARTS) is 1. The third kappa shape index (κ3) is 10.5. The van der Waals surface area contributed by atoms with Gasteiger partial charge in [-0.2, -0.15) is 11.8 Å². The minimum atomic E-state index is -1.28. The van der Waals surface area contributed by atoms with Gasteiger partial charge in [0.15, 0.2) is 0 Å². The fourth-order valence-electron chi connectivity index (χ4n) is 1.54. The number of hydrogen-bond acceptors (Lipinski definition) is 4. The lowest BCUT2D eigenvalue weighted by atomic mass is 10.2. The van der Waals surface area contributed by atoms with Gasteiger partial charge < -0.3 is 21.5 Å². The molecule has 0 fully saturated rings. The van der Waals surface area contributed by atoms with E-state index in [1.807, 2.05) is 11.8 Å². The molecule has 0 aliphatic heterocycles. The Morgan fingerprint density at radius 2 is 1.85 bits per heavy atom. The van der Waals surface area contributed by atoms with Gasteiger partial charge in [0.2, 0.25) is 5.91 Å². The fourth-order valence-corrected chi connectivity index (χ4v) is 2.03. The highest BCUT2D eigenvalue weighted by Crippen LogP contribution is 2.03. The number of amides is 3. The molecule has 0 aromatic heterocycles. The van der Waals surface area contributed by atoms with Crippen LogP contribution in [0.1, 0.15) is 32.1 Å². The van der Waals surface area contributed by atoms with Crippen LogP contribution in [0.3, 0.4) is 0 Å². The van der Waals surface area contributed by atoms with Gasteiger partial charge >= 0.3 is 12.0 Å². The average molecular weight is 305 g/mol. The van der Waals surface area contributed by atoms with E-state index in [4.69, 9.17) is 10.8 Å². The zero-order valence-corrected chi connectivity index (χ0v) is 12.5. The van der Waals surface area contributed by atoms with Crippen LogP contribution in [0.4, 0.5) is 4.79 Å². The molecule has 0 aromatic rings. The Kier molecular flexibility index (Phi) is 10.6. The molecule has 116 valence electrons. The van der Waals surface area contributed by atoms with Crippen LogP contribution in [0.2, 0.25) is 0 Å². The summed E-state index contributed by atoms with van der Waals surface area (Å²) in [5.41, 5.74) is 4.91. The fraction of sp³-hybridized carbons (Fsp3) is 0.750. The molecule has 0 heterocycles. The number of primary amides is 1. The second-order valence-corrected chi connectivity index (χ2v) is 5.35. The first-order chi connectivity index (χ1) is 9.47. The van der Waals surface area contributed by atoms with Crippen LogP contribution < -0.4 is 16.4 Å². The third-order valence-corrected chi connectivity index (χ3v) is 3.27. The van der Waals surface area contributed by atoms with Crippen molar-refractivity contribution in [1.82, 2.24) is 10.6 Å². The molecule has 0 saturated heterocycles. The van der Waals surface area contributed by atoms with Crippen LogP contribution in [0.5, 0.6) is 0 Å². The lowest BCUT2D eigenvalue weighted by Crippen LogP contribution is -2.47. The first-order valence-corrected chi connectivity index (χ1v) is 7.91. The summed E-state index contributed by atoms with van der Waals surface area (Å²) in [5.74, 6) is -0.913. The number of carbonyl (C=O) groups is 3. The lowest BCUT2D eigenvalue weighted by Gasteiger charge is -2.13. The highest BCUT2D eigenvalue weighted by Gasteiger charge is 2.21. The van der Waals surface area contributed by atoms with Crippen molar-refractivity contribution in [2.24, 2.45) is 5.73 Å². The molecule has 0 aliphatic carbocycles. The molecular weight excluding hydrogens is 282 g/mol. The van der Waals surface area contributed by atoms with Crippen molar-refractivity contribution in [2.45, 2.75) is 38.1 Å². The predicted octanol–water partition coefficient (Wildman–Crippen LogP) is 0.538. The maximum atomic E-state index is 11.4. The molecule has 1 atom stereocenters. The van der Waals surface area contributed by atoms with Crippen molar-refractivity contribution in [3.8, 4) is 0 Å². The molecule has 0 unspecified atom stereocenters. The van der Waals surface area contributed by atoms with Gasteiger partial charge in [-0.15, -0.1) is 0 Å². The Hall–Kier alpha value is -1.44. The van der Waals surface area contributed by atoms with Crippen LogP contribution in [0.15, 0.2) is 0 Å². The molecule has 0 radical (unpaired) electrons. The second-order valence-electron chi connectivity index (χ2n) is 4.37. The normalized spacial score (nSPS) is 11.7. The number of nitrogens with one attached hydrogen (secondary N) is 2. The van der Waals surface area contributed by atoms with E-state index in [-0.39, 0.29) is 0 Å². The van der Waals surface area contributed by atoms with E-state index in [1.54, 1.807) is 0 Å². The topological polar surface area (TPSA) is 122 Å². The molecule has 0 saturated carbocycles. The Labute approximate surface area is 123 Å². The number of nitrogens with two attached hydrogens (primary N) is 1. The van der Waals surface area contributed by atoms with Crippen molar-refractivity contribution in [2.75, 3.05) is 18.6 Å². The van der Waals surface area contributed by atoms with E-state index >= 15 is 0 Å². The second kappa shape index (κ2) is 11.4. The maximum Gasteiger partial charge on any atom is 0.326 e. The van der Waals surface area contributed by atoms with E-state index in [0.29, 0.717) is 6.54 Å². The minimum absolute atomic E-state index is 0.419. The number of urea groups is 1. The van der Waals surface area contributed by atoms with Crippen LogP contribution in [0.25, 0.3) is 0 Å². The van der Waals surface area contributed by atoms with E-state index in [0.717, 1.165) is 31.4 Å². The van der Waals surface area contributed by atoms with Crippen molar-refractivity contribution in [1.29, 1.82) is 0 Å². The Balaban J connectivity index is 3.75. The summed E-state index contributed by atoms with van der Waals surface area (Å²) >= 11 is 1.81. The van der Waals surface area contributed by atoms with Crippen LogP contribution in [-0.2, 0) is 9.59 Å². The summed E-state index contributed by atoms with van der Waals surface area (Å²) in [4.78, 5) is 32.9. The van der Waals surface area contributed by atoms with Gasteiger partial charge in [0.25, 0.3) is 0 Å². The van der Waals surface area contributed by atoms with Crippen molar-refractivity contribution >= 4 is 29.7 Å². The van der Waals surface area contributed by atoms with Gasteiger partial charge in [-0.3, -0.25) is 4.79 Å². The molecule has 20 heavy (non-hydrogen) atoms. The number of carboxylic acids is 1. The average Bonchev–Trinajstić information content (AvgIpc) is 2.36. The first-order valence-electron chi connectivity index (χ1n) is 6.51. The summed E-state index contributed by atoms with van der Waals surface area (Å²) in [6, 6.07) is -1.88. The number of thioether (sulfide) groups is 1. The smallest absolute Gasteiger partial charge is 0.326 e. The zero-order valence-electron chi connectivity index (χ0n) is 11.7. The molecule has 0 bridgehead atoms. The minimum Gasteiger partial charge on any atom is -0.480 e. The number of hydrogen-bond donors (Lipinski definition) is 4. The van der Waals surface area contributed by atoms with Crippen LogP contribution in [0, 0.1) is 0 Å². The molecule has 3 amide bonds. The van der Waals surface area contributed by atoms with Crippen LogP contribution in [-0.4, -0.2) is 47.6 Å². The van der Waals surface area contributed by atoms with Gasteiger partial charge in [0.1, 0.15) is 6.04 Å². The molecule has 0 rings (SSSR count). The highest BCUT2D eigenvalue weighted by atomic mass is 32.2. The third-order valence-electron chi connectivity index (χ3n) is 2.57. The summed E-state index contributed by atoms with van der Waals surface area (Å²) in [6.07, 6.45) is 5.78. The summed E-state index contributed by atoms with van der Waals surface area (Å²) in [5, 5.41) is 13.6. The predicted molar refractivity (Wildman–Crippen MR) is 78.6 cm³/mol. The molecule has 0 aromatic carbocycles. The van der Waals surface area contributed by atoms with Gasteiger partial charge in [-0.1, -0.05) is 12.8 Å². The quantitative estimate of drug-likeness (QED) is 0.415. The van der Waals surface area contributed by atoms with E-state index in [2.05, 4.69) is 16.9 Å². The standard InChI is InChI=1S/C12H23N3O4S/c1-20-7-5-3-2-4-6-14-12(19)15-9(11(17)18)8-10(13)16/h9H,2-8H2,1H3,(H2,13,16)(H,17,18)(H2,14,15,19)/t9-/m0/s1. The molecule has 5 N–H and O–H groups in total. The number of unbranched alkanes of at least 4 members (excludes halogenated alkanes) is 3. The van der Waals surface area contributed by atoms with Gasteiger partial charge in [-0.05, 0) is 24.9 Å². The molecular formula is C12H23N3O4S. The summed E-state index contributed by atoms with van der Waals surface area (Å²) < 4.78 is 0. The molecule has 0 spiro atoms. The lowest BCUT2D eigenvalue weighted by molar-refractivity contribution is -0.140. The monoisotopic (exact) mass is 305 g/mol. The van der Waals surface area contributed by atoms with E-state index < -0.39 is 30.4 Å². The number of aliphatic carboxylic acids is 1. The van der Waals surface area contributed by atoms with Gasteiger partial charge in [-0.25, -0.2) is 9.59 Å². The summed E-state index contributed by atoms with van der Waals surface area (Å²) in [7, 11) is 0.